The second-order valence-corrected chi connectivity index (χ2v) is 10.1. The van der Waals surface area contributed by atoms with Crippen LogP contribution < -0.4 is 0 Å². The second kappa shape index (κ2) is 8.68. The summed E-state index contributed by atoms with van der Waals surface area (Å²) >= 11 is 4.98. The van der Waals surface area contributed by atoms with Gasteiger partial charge in [-0.2, -0.15) is 4.31 Å². The molecule has 1 saturated heterocycles. The fourth-order valence-corrected chi connectivity index (χ4v) is 5.72. The molecule has 144 valence electrons. The van der Waals surface area contributed by atoms with Gasteiger partial charge in [-0.1, -0.05) is 12.1 Å². The van der Waals surface area contributed by atoms with Crippen LogP contribution in [0.3, 0.4) is 0 Å². The van der Waals surface area contributed by atoms with Crippen LogP contribution in [0.2, 0.25) is 0 Å². The Kier molecular flexibility index (Phi) is 6.52. The van der Waals surface area contributed by atoms with Crippen LogP contribution in [0, 0.1) is 0 Å². The first kappa shape index (κ1) is 20.3. The Labute approximate surface area is 172 Å². The Morgan fingerprint density at radius 2 is 2.04 bits per heavy atom. The number of rotatable bonds is 7. The van der Waals surface area contributed by atoms with E-state index in [1.165, 1.54) is 10.4 Å². The lowest BCUT2D eigenvalue weighted by Gasteiger charge is -2.22. The number of benzene rings is 1. The van der Waals surface area contributed by atoms with Gasteiger partial charge in [0, 0.05) is 29.0 Å². The molecule has 0 radical (unpaired) electrons. The summed E-state index contributed by atoms with van der Waals surface area (Å²) in [4.78, 5) is 16.0. The van der Waals surface area contributed by atoms with Crippen molar-refractivity contribution >= 4 is 43.2 Å². The minimum absolute atomic E-state index is 0.158. The Morgan fingerprint density at radius 1 is 1.30 bits per heavy atom. The summed E-state index contributed by atoms with van der Waals surface area (Å²) < 4.78 is 27.7. The van der Waals surface area contributed by atoms with Gasteiger partial charge in [-0.05, 0) is 58.4 Å². The van der Waals surface area contributed by atoms with Gasteiger partial charge in [-0.3, -0.25) is 4.79 Å². The number of nitrogens with zero attached hydrogens (tertiary/aromatic N) is 2. The zero-order valence-electron chi connectivity index (χ0n) is 14.8. The van der Waals surface area contributed by atoms with E-state index >= 15 is 0 Å². The first-order valence-electron chi connectivity index (χ1n) is 8.65. The summed E-state index contributed by atoms with van der Waals surface area (Å²) in [5.41, 5.74) is 0.341. The topological polar surface area (TPSA) is 57.7 Å². The average Bonchev–Trinajstić information content (AvgIpc) is 3.35. The van der Waals surface area contributed by atoms with E-state index in [1.807, 2.05) is 17.5 Å². The minimum Gasteiger partial charge on any atom is -0.330 e. The summed E-state index contributed by atoms with van der Waals surface area (Å²) in [6, 6.07) is 8.57. The van der Waals surface area contributed by atoms with Gasteiger partial charge in [0.2, 0.25) is 10.0 Å². The monoisotopic (exact) mass is 468 g/mol. The van der Waals surface area contributed by atoms with Crippen LogP contribution in [-0.4, -0.2) is 43.2 Å². The molecule has 1 fully saturated rings. The Hall–Kier alpha value is -1.48. The number of thiophene rings is 1. The minimum atomic E-state index is -3.58. The molecule has 0 spiro atoms. The quantitative estimate of drug-likeness (QED) is 0.574. The van der Waals surface area contributed by atoms with Crippen molar-refractivity contribution in [2.45, 2.75) is 24.3 Å². The van der Waals surface area contributed by atoms with Crippen molar-refractivity contribution in [1.29, 1.82) is 0 Å². The smallest absolute Gasteiger partial charge is 0.255 e. The third-order valence-corrected chi connectivity index (χ3v) is 7.88. The molecule has 1 aliphatic heterocycles. The molecule has 1 amide bonds. The highest BCUT2D eigenvalue weighted by atomic mass is 79.9. The summed E-state index contributed by atoms with van der Waals surface area (Å²) in [5.74, 6) is -0.228. The number of halogens is 1. The average molecular weight is 469 g/mol. The molecule has 27 heavy (non-hydrogen) atoms. The SMILES string of the molecule is C=CCN(Cc1cccs1)C(=O)c1cc(S(=O)(=O)N2CCCC2)ccc1Br. The second-order valence-electron chi connectivity index (χ2n) is 6.31. The van der Waals surface area contributed by atoms with Gasteiger partial charge in [-0.15, -0.1) is 17.9 Å². The lowest BCUT2D eigenvalue weighted by molar-refractivity contribution is 0.0763. The van der Waals surface area contributed by atoms with Gasteiger partial charge >= 0.3 is 0 Å². The van der Waals surface area contributed by atoms with Gasteiger partial charge < -0.3 is 4.90 Å². The van der Waals surface area contributed by atoms with Crippen LogP contribution in [0.4, 0.5) is 0 Å². The van der Waals surface area contributed by atoms with Crippen molar-refractivity contribution in [3.63, 3.8) is 0 Å². The molecular formula is C19H21BrN2O3S2. The standard InChI is InChI=1S/C19H21BrN2O3S2/c1-2-9-21(14-15-6-5-12-26-15)19(23)17-13-16(7-8-18(17)20)27(24,25)22-10-3-4-11-22/h2,5-8,12-13H,1,3-4,9-11,14H2. The normalized spacial score (nSPS) is 15.0. The molecule has 0 unspecified atom stereocenters. The van der Waals surface area contributed by atoms with Crippen molar-refractivity contribution in [2.24, 2.45) is 0 Å². The summed E-state index contributed by atoms with van der Waals surface area (Å²) in [7, 11) is -3.58. The highest BCUT2D eigenvalue weighted by Gasteiger charge is 2.29. The van der Waals surface area contributed by atoms with Gasteiger partial charge in [0.1, 0.15) is 0 Å². The third kappa shape index (κ3) is 4.51. The van der Waals surface area contributed by atoms with Crippen LogP contribution >= 0.6 is 27.3 Å². The van der Waals surface area contributed by atoms with Crippen LogP contribution in [-0.2, 0) is 16.6 Å². The number of hydrogen-bond donors (Lipinski definition) is 0. The molecule has 0 atom stereocenters. The maximum atomic E-state index is 13.1. The summed E-state index contributed by atoms with van der Waals surface area (Å²) in [5, 5.41) is 1.96. The zero-order chi connectivity index (χ0) is 19.4. The van der Waals surface area contributed by atoms with Gasteiger partial charge in [0.05, 0.1) is 17.0 Å². The number of amides is 1. The molecule has 8 heteroatoms. The molecule has 1 aliphatic rings. The zero-order valence-corrected chi connectivity index (χ0v) is 18.0. The lowest BCUT2D eigenvalue weighted by Crippen LogP contribution is -2.31. The highest BCUT2D eigenvalue weighted by Crippen LogP contribution is 2.27. The van der Waals surface area contributed by atoms with Crippen molar-refractivity contribution in [2.75, 3.05) is 19.6 Å². The maximum Gasteiger partial charge on any atom is 0.255 e. The molecule has 0 N–H and O–H groups in total. The van der Waals surface area contributed by atoms with Crippen LogP contribution in [0.1, 0.15) is 28.1 Å². The number of sulfonamides is 1. The van der Waals surface area contributed by atoms with Crippen molar-refractivity contribution < 1.29 is 13.2 Å². The Morgan fingerprint density at radius 3 is 2.67 bits per heavy atom. The molecule has 0 aliphatic carbocycles. The van der Waals surface area contributed by atoms with Crippen molar-refractivity contribution in [1.82, 2.24) is 9.21 Å². The Balaban J connectivity index is 1.92. The van der Waals surface area contributed by atoms with Gasteiger partial charge in [-0.25, -0.2) is 8.42 Å². The van der Waals surface area contributed by atoms with Crippen LogP contribution in [0.25, 0.3) is 0 Å². The fraction of sp³-hybridized carbons (Fsp3) is 0.316. The fourth-order valence-electron chi connectivity index (χ4n) is 3.04. The molecule has 2 aromatic rings. The lowest BCUT2D eigenvalue weighted by atomic mass is 10.2. The van der Waals surface area contributed by atoms with Gasteiger partial charge in [0.15, 0.2) is 0 Å². The maximum absolute atomic E-state index is 13.1. The van der Waals surface area contributed by atoms with E-state index in [9.17, 15) is 13.2 Å². The van der Waals surface area contributed by atoms with E-state index in [0.717, 1.165) is 17.7 Å². The van der Waals surface area contributed by atoms with E-state index in [4.69, 9.17) is 0 Å². The number of carbonyl (C=O) groups excluding carboxylic acids is 1. The molecule has 1 aromatic heterocycles. The number of hydrogen-bond acceptors (Lipinski definition) is 4. The molecule has 0 saturated carbocycles. The van der Waals surface area contributed by atoms with Gasteiger partial charge in [0.25, 0.3) is 5.91 Å². The van der Waals surface area contributed by atoms with Crippen LogP contribution in [0.15, 0.2) is 57.7 Å². The van der Waals surface area contributed by atoms with E-state index in [0.29, 0.717) is 36.2 Å². The third-order valence-electron chi connectivity index (χ3n) is 4.43. The van der Waals surface area contributed by atoms with Crippen LogP contribution in [0.5, 0.6) is 0 Å². The van der Waals surface area contributed by atoms with E-state index in [-0.39, 0.29) is 10.8 Å². The Bertz CT molecular complexity index is 920. The summed E-state index contributed by atoms with van der Waals surface area (Å²) in [6.45, 7) is 5.63. The first-order valence-corrected chi connectivity index (χ1v) is 11.8. The van der Waals surface area contributed by atoms with E-state index < -0.39 is 10.0 Å². The predicted molar refractivity (Wildman–Crippen MR) is 111 cm³/mol. The first-order chi connectivity index (χ1) is 12.9. The molecule has 5 nitrogen and oxygen atoms in total. The predicted octanol–water partition coefficient (Wildman–Crippen LogP) is 4.12. The van der Waals surface area contributed by atoms with Crippen molar-refractivity contribution in [3.8, 4) is 0 Å². The number of carbonyl (C=O) groups is 1. The summed E-state index contributed by atoms with van der Waals surface area (Å²) in [6.07, 6.45) is 3.41. The molecule has 0 bridgehead atoms. The molecule has 3 rings (SSSR count). The molecule has 2 heterocycles. The molecular weight excluding hydrogens is 448 g/mol. The highest BCUT2D eigenvalue weighted by molar-refractivity contribution is 9.10. The molecule has 1 aromatic carbocycles. The van der Waals surface area contributed by atoms with Crippen molar-refractivity contribution in [3.05, 3.63) is 63.3 Å². The largest absolute Gasteiger partial charge is 0.330 e. The van der Waals surface area contributed by atoms with E-state index in [2.05, 4.69) is 22.5 Å². The van der Waals surface area contributed by atoms with E-state index in [1.54, 1.807) is 34.4 Å².